The van der Waals surface area contributed by atoms with Gasteiger partial charge in [0.15, 0.2) is 5.69 Å². The van der Waals surface area contributed by atoms with Crippen LogP contribution in [-0.2, 0) is 4.74 Å². The summed E-state index contributed by atoms with van der Waals surface area (Å²) in [5.41, 5.74) is 0.415. The molecule has 3 heterocycles. The van der Waals surface area contributed by atoms with Gasteiger partial charge in [-0.3, -0.25) is 9.69 Å². The van der Waals surface area contributed by atoms with Crippen LogP contribution in [0.2, 0.25) is 0 Å². The summed E-state index contributed by atoms with van der Waals surface area (Å²) in [6, 6.07) is 3.58. The number of amides is 1. The topological polar surface area (TPSA) is 73.8 Å². The van der Waals surface area contributed by atoms with Gasteiger partial charge in [-0.1, -0.05) is 0 Å². The van der Waals surface area contributed by atoms with E-state index in [1.807, 2.05) is 11.0 Å². The molecule has 2 fully saturated rings. The normalized spacial score (nSPS) is 20.1. The van der Waals surface area contributed by atoms with Crippen LogP contribution < -0.4 is 5.32 Å². The first-order chi connectivity index (χ1) is 11.7. The van der Waals surface area contributed by atoms with Crippen LogP contribution in [0.5, 0.6) is 0 Å². The molecule has 1 amide bonds. The number of hydrogen-bond acceptors (Lipinski definition) is 7. The summed E-state index contributed by atoms with van der Waals surface area (Å²) in [6.07, 6.45) is 0. The van der Waals surface area contributed by atoms with Gasteiger partial charge in [0.2, 0.25) is 0 Å². The number of carbonyl (C=O) groups excluding carboxylic acids is 1. The van der Waals surface area contributed by atoms with Crippen molar-refractivity contribution in [2.45, 2.75) is 0 Å². The van der Waals surface area contributed by atoms with Gasteiger partial charge in [0.05, 0.1) is 13.2 Å². The number of anilines is 1. The van der Waals surface area contributed by atoms with E-state index < -0.39 is 0 Å². The van der Waals surface area contributed by atoms with E-state index in [1.165, 1.54) is 0 Å². The average molecular weight is 334 g/mol. The van der Waals surface area contributed by atoms with Gasteiger partial charge >= 0.3 is 0 Å². The lowest BCUT2D eigenvalue weighted by Crippen LogP contribution is -2.47. The molecule has 0 atom stereocenters. The van der Waals surface area contributed by atoms with Crippen LogP contribution in [-0.4, -0.2) is 103 Å². The van der Waals surface area contributed by atoms with Crippen molar-refractivity contribution in [2.24, 2.45) is 0 Å². The molecule has 0 spiro atoms. The first-order valence-corrected chi connectivity index (χ1v) is 8.58. The van der Waals surface area contributed by atoms with E-state index in [0.29, 0.717) is 11.5 Å². The standard InChI is InChI=1S/C16H26N6O2/c1-20-6-8-22(9-7-20)16(23)14-2-3-15(19-18-14)17-4-5-21-10-12-24-13-11-21/h2-3H,4-13H2,1H3,(H,17,19). The summed E-state index contributed by atoms with van der Waals surface area (Å²) in [7, 11) is 2.07. The summed E-state index contributed by atoms with van der Waals surface area (Å²) in [6.45, 7) is 8.63. The van der Waals surface area contributed by atoms with E-state index in [-0.39, 0.29) is 5.91 Å². The van der Waals surface area contributed by atoms with E-state index in [4.69, 9.17) is 4.74 Å². The Morgan fingerprint density at radius 2 is 1.88 bits per heavy atom. The molecular formula is C16H26N6O2. The van der Waals surface area contributed by atoms with Crippen molar-refractivity contribution in [3.8, 4) is 0 Å². The van der Waals surface area contributed by atoms with Crippen LogP contribution in [0.25, 0.3) is 0 Å². The third-order valence-electron chi connectivity index (χ3n) is 4.51. The molecule has 0 saturated carbocycles. The maximum Gasteiger partial charge on any atom is 0.274 e. The number of hydrogen-bond donors (Lipinski definition) is 1. The smallest absolute Gasteiger partial charge is 0.274 e. The number of morpholine rings is 1. The molecule has 0 bridgehead atoms. The molecular weight excluding hydrogens is 308 g/mol. The monoisotopic (exact) mass is 334 g/mol. The largest absolute Gasteiger partial charge is 0.379 e. The van der Waals surface area contributed by atoms with Crippen molar-refractivity contribution in [1.29, 1.82) is 0 Å². The molecule has 2 aliphatic heterocycles. The zero-order valence-corrected chi connectivity index (χ0v) is 14.3. The SMILES string of the molecule is CN1CCN(C(=O)c2ccc(NCCN3CCOCC3)nn2)CC1. The molecule has 2 saturated heterocycles. The summed E-state index contributed by atoms with van der Waals surface area (Å²) >= 11 is 0. The van der Waals surface area contributed by atoms with Crippen molar-refractivity contribution in [3.63, 3.8) is 0 Å². The number of nitrogens with zero attached hydrogens (tertiary/aromatic N) is 5. The minimum atomic E-state index is -0.0320. The first-order valence-electron chi connectivity index (χ1n) is 8.58. The summed E-state index contributed by atoms with van der Waals surface area (Å²) in [5, 5.41) is 11.5. The van der Waals surface area contributed by atoms with Gasteiger partial charge in [-0.05, 0) is 19.2 Å². The van der Waals surface area contributed by atoms with Gasteiger partial charge < -0.3 is 19.9 Å². The highest BCUT2D eigenvalue weighted by molar-refractivity contribution is 5.92. The van der Waals surface area contributed by atoms with Crippen LogP contribution in [0, 0.1) is 0 Å². The van der Waals surface area contributed by atoms with Gasteiger partial charge in [-0.2, -0.15) is 0 Å². The molecule has 2 aliphatic rings. The number of likely N-dealkylation sites (N-methyl/N-ethyl adjacent to an activating group) is 1. The summed E-state index contributed by atoms with van der Waals surface area (Å²) in [5.74, 6) is 0.675. The van der Waals surface area contributed by atoms with Crippen molar-refractivity contribution >= 4 is 11.7 Å². The fourth-order valence-corrected chi connectivity index (χ4v) is 2.88. The number of carbonyl (C=O) groups is 1. The summed E-state index contributed by atoms with van der Waals surface area (Å²) < 4.78 is 5.33. The van der Waals surface area contributed by atoms with Crippen molar-refractivity contribution in [2.75, 3.05) is 77.9 Å². The molecule has 0 aliphatic carbocycles. The number of rotatable bonds is 5. The zero-order chi connectivity index (χ0) is 16.8. The quantitative estimate of drug-likeness (QED) is 0.786. The third kappa shape index (κ3) is 4.62. The highest BCUT2D eigenvalue weighted by Gasteiger charge is 2.21. The van der Waals surface area contributed by atoms with Crippen LogP contribution in [0.3, 0.4) is 0 Å². The molecule has 8 nitrogen and oxygen atoms in total. The highest BCUT2D eigenvalue weighted by atomic mass is 16.5. The molecule has 1 aromatic heterocycles. The molecule has 0 radical (unpaired) electrons. The lowest BCUT2D eigenvalue weighted by atomic mass is 10.3. The maximum atomic E-state index is 12.4. The molecule has 1 aromatic rings. The van der Waals surface area contributed by atoms with Gasteiger partial charge in [0.1, 0.15) is 5.82 Å². The number of nitrogens with one attached hydrogen (secondary N) is 1. The zero-order valence-electron chi connectivity index (χ0n) is 14.3. The molecule has 1 N–H and O–H groups in total. The van der Waals surface area contributed by atoms with E-state index >= 15 is 0 Å². The lowest BCUT2D eigenvalue weighted by Gasteiger charge is -2.32. The Morgan fingerprint density at radius 1 is 1.12 bits per heavy atom. The van der Waals surface area contributed by atoms with Crippen molar-refractivity contribution in [1.82, 2.24) is 24.9 Å². The van der Waals surface area contributed by atoms with Crippen LogP contribution in [0.4, 0.5) is 5.82 Å². The lowest BCUT2D eigenvalue weighted by molar-refractivity contribution is 0.0398. The Morgan fingerprint density at radius 3 is 2.54 bits per heavy atom. The van der Waals surface area contributed by atoms with E-state index in [0.717, 1.165) is 65.6 Å². The van der Waals surface area contributed by atoms with Crippen molar-refractivity contribution < 1.29 is 9.53 Å². The second-order valence-electron chi connectivity index (χ2n) is 6.28. The number of piperazine rings is 1. The fourth-order valence-electron chi connectivity index (χ4n) is 2.88. The molecule has 3 rings (SSSR count). The molecule has 0 unspecified atom stereocenters. The molecule has 24 heavy (non-hydrogen) atoms. The Hall–Kier alpha value is -1.77. The van der Waals surface area contributed by atoms with E-state index in [9.17, 15) is 4.79 Å². The maximum absolute atomic E-state index is 12.4. The predicted molar refractivity (Wildman–Crippen MR) is 91.2 cm³/mol. The third-order valence-corrected chi connectivity index (χ3v) is 4.51. The Labute approximate surface area is 142 Å². The Kier molecular flexibility index (Phi) is 5.95. The average Bonchev–Trinajstić information content (AvgIpc) is 2.63. The number of ether oxygens (including phenoxy) is 1. The van der Waals surface area contributed by atoms with Gasteiger partial charge in [0, 0.05) is 52.4 Å². The van der Waals surface area contributed by atoms with Gasteiger partial charge in [-0.25, -0.2) is 0 Å². The van der Waals surface area contributed by atoms with E-state index in [1.54, 1.807) is 6.07 Å². The van der Waals surface area contributed by atoms with Gasteiger partial charge in [-0.15, -0.1) is 10.2 Å². The van der Waals surface area contributed by atoms with Crippen LogP contribution in [0.1, 0.15) is 10.5 Å². The highest BCUT2D eigenvalue weighted by Crippen LogP contribution is 2.08. The summed E-state index contributed by atoms with van der Waals surface area (Å²) in [4.78, 5) is 18.8. The predicted octanol–water partition coefficient (Wildman–Crippen LogP) is -0.392. The second kappa shape index (κ2) is 8.36. The Balaban J connectivity index is 1.45. The molecule has 8 heteroatoms. The minimum Gasteiger partial charge on any atom is -0.379 e. The second-order valence-corrected chi connectivity index (χ2v) is 6.28. The Bertz CT molecular complexity index is 524. The van der Waals surface area contributed by atoms with Crippen LogP contribution in [0.15, 0.2) is 12.1 Å². The minimum absolute atomic E-state index is 0.0320. The van der Waals surface area contributed by atoms with Crippen molar-refractivity contribution in [3.05, 3.63) is 17.8 Å². The molecule has 132 valence electrons. The number of aromatic nitrogens is 2. The van der Waals surface area contributed by atoms with E-state index in [2.05, 4.69) is 32.4 Å². The molecule has 0 aromatic carbocycles. The first kappa shape index (κ1) is 17.1. The van der Waals surface area contributed by atoms with Gasteiger partial charge in [0.25, 0.3) is 5.91 Å². The fraction of sp³-hybridized carbons (Fsp3) is 0.688. The van der Waals surface area contributed by atoms with Crippen LogP contribution >= 0.6 is 0 Å².